The van der Waals surface area contributed by atoms with E-state index in [2.05, 4.69) is 68.9 Å². The minimum absolute atomic E-state index is 0.190. The van der Waals surface area contributed by atoms with E-state index >= 15 is 0 Å². The van der Waals surface area contributed by atoms with Gasteiger partial charge in [0.25, 0.3) is 0 Å². The smallest absolute Gasteiger partial charge is 0.0553 e. The van der Waals surface area contributed by atoms with Gasteiger partial charge in [-0.1, -0.05) is 20.8 Å². The minimum atomic E-state index is 0.190. The molecule has 2 heterocycles. The third-order valence-corrected chi connectivity index (χ3v) is 3.71. The summed E-state index contributed by atoms with van der Waals surface area (Å²) >= 11 is 0. The Morgan fingerprint density at radius 3 is 2.43 bits per heavy atom. The molecular weight excluding hydrogens is 258 g/mol. The van der Waals surface area contributed by atoms with Crippen LogP contribution in [0, 0.1) is 5.41 Å². The first kappa shape index (κ1) is 16.3. The summed E-state index contributed by atoms with van der Waals surface area (Å²) in [6, 6.07) is 5.00. The highest BCUT2D eigenvalue weighted by molar-refractivity contribution is 5.46. The maximum atomic E-state index is 4.65. The Morgan fingerprint density at radius 2 is 1.90 bits per heavy atom. The second kappa shape index (κ2) is 5.96. The van der Waals surface area contributed by atoms with Crippen molar-refractivity contribution in [3.8, 4) is 0 Å². The zero-order chi connectivity index (χ0) is 15.7. The number of hydrogen-bond donors (Lipinski definition) is 1. The summed E-state index contributed by atoms with van der Waals surface area (Å²) in [4.78, 5) is 7.09. The molecule has 118 valence electrons. The molecule has 2 rings (SSSR count). The Balaban J connectivity index is 1.94. The topological polar surface area (TPSA) is 28.2 Å². The molecule has 0 spiro atoms. The quantitative estimate of drug-likeness (QED) is 0.921. The average Bonchev–Trinajstić information content (AvgIpc) is 2.74. The Morgan fingerprint density at radius 1 is 1.19 bits per heavy atom. The summed E-state index contributed by atoms with van der Waals surface area (Å²) in [6.45, 7) is 15.7. The Kier molecular flexibility index (Phi) is 4.62. The van der Waals surface area contributed by atoms with Crippen molar-refractivity contribution in [3.63, 3.8) is 0 Å². The Labute approximate surface area is 130 Å². The van der Waals surface area contributed by atoms with E-state index in [1.165, 1.54) is 17.8 Å². The molecule has 1 aromatic rings. The van der Waals surface area contributed by atoms with Crippen molar-refractivity contribution >= 4 is 5.69 Å². The van der Waals surface area contributed by atoms with E-state index < -0.39 is 0 Å². The van der Waals surface area contributed by atoms with Gasteiger partial charge in [-0.25, -0.2) is 0 Å². The Bertz CT molecular complexity index is 451. The highest BCUT2D eigenvalue weighted by Gasteiger charge is 2.26. The maximum absolute atomic E-state index is 4.65. The van der Waals surface area contributed by atoms with Crippen molar-refractivity contribution in [2.75, 3.05) is 18.0 Å². The first-order valence-electron chi connectivity index (χ1n) is 8.10. The number of rotatable bonds is 3. The van der Waals surface area contributed by atoms with Gasteiger partial charge in [0.2, 0.25) is 0 Å². The minimum Gasteiger partial charge on any atom is -0.369 e. The van der Waals surface area contributed by atoms with Crippen molar-refractivity contribution in [1.29, 1.82) is 0 Å². The Hall–Kier alpha value is -1.09. The molecule has 1 unspecified atom stereocenters. The fourth-order valence-corrected chi connectivity index (χ4v) is 2.98. The van der Waals surface area contributed by atoms with E-state index in [4.69, 9.17) is 0 Å². The lowest BCUT2D eigenvalue weighted by Crippen LogP contribution is -2.44. The lowest BCUT2D eigenvalue weighted by molar-refractivity contribution is 0.373. The van der Waals surface area contributed by atoms with Gasteiger partial charge in [0.1, 0.15) is 0 Å². The van der Waals surface area contributed by atoms with Crippen molar-refractivity contribution < 1.29 is 0 Å². The first-order chi connectivity index (χ1) is 9.62. The van der Waals surface area contributed by atoms with Gasteiger partial charge in [0.15, 0.2) is 0 Å². The van der Waals surface area contributed by atoms with E-state index in [9.17, 15) is 0 Å². The summed E-state index contributed by atoms with van der Waals surface area (Å²) in [5.41, 5.74) is 2.93. The lowest BCUT2D eigenvalue weighted by Gasteiger charge is -2.26. The summed E-state index contributed by atoms with van der Waals surface area (Å²) in [6.07, 6.45) is 4.28. The van der Waals surface area contributed by atoms with Crippen molar-refractivity contribution in [2.24, 2.45) is 5.41 Å². The zero-order valence-corrected chi connectivity index (χ0v) is 14.5. The molecule has 1 aliphatic rings. The molecular formula is C18H31N3. The second-order valence-corrected chi connectivity index (χ2v) is 8.57. The van der Waals surface area contributed by atoms with Crippen LogP contribution >= 0.6 is 0 Å². The number of nitrogens with zero attached hydrogens (tertiary/aromatic N) is 2. The van der Waals surface area contributed by atoms with Crippen molar-refractivity contribution in [3.05, 3.63) is 24.0 Å². The molecule has 1 atom stereocenters. The second-order valence-electron chi connectivity index (χ2n) is 8.57. The number of pyridine rings is 1. The molecule has 1 saturated heterocycles. The molecule has 0 amide bonds. The molecule has 1 fully saturated rings. The van der Waals surface area contributed by atoms with Crippen molar-refractivity contribution in [2.45, 2.75) is 66.0 Å². The molecule has 1 N–H and O–H groups in total. The molecule has 0 aromatic carbocycles. The monoisotopic (exact) mass is 289 g/mol. The van der Waals surface area contributed by atoms with E-state index in [1.807, 2.05) is 6.20 Å². The molecule has 3 nitrogen and oxygen atoms in total. The molecule has 21 heavy (non-hydrogen) atoms. The van der Waals surface area contributed by atoms with Crippen LogP contribution in [-0.4, -0.2) is 29.7 Å². The van der Waals surface area contributed by atoms with Crippen LogP contribution in [0.3, 0.4) is 0 Å². The van der Waals surface area contributed by atoms with Gasteiger partial charge < -0.3 is 10.2 Å². The van der Waals surface area contributed by atoms with Gasteiger partial charge in [0, 0.05) is 30.4 Å². The molecule has 0 radical (unpaired) electrons. The van der Waals surface area contributed by atoms with Crippen LogP contribution in [0.5, 0.6) is 0 Å². The molecule has 1 aliphatic heterocycles. The maximum Gasteiger partial charge on any atom is 0.0553 e. The molecule has 1 aromatic heterocycles. The third kappa shape index (κ3) is 5.31. The summed E-state index contributed by atoms with van der Waals surface area (Å²) in [7, 11) is 0. The van der Waals surface area contributed by atoms with E-state index in [0.29, 0.717) is 11.5 Å². The normalized spacial score (nSPS) is 20.1. The van der Waals surface area contributed by atoms with Crippen molar-refractivity contribution in [1.82, 2.24) is 10.3 Å². The van der Waals surface area contributed by atoms with Crippen LogP contribution in [0.4, 0.5) is 5.69 Å². The summed E-state index contributed by atoms with van der Waals surface area (Å²) in [5, 5.41) is 3.70. The number of aromatic nitrogens is 1. The van der Waals surface area contributed by atoms with Crippen LogP contribution in [0.1, 0.15) is 53.7 Å². The van der Waals surface area contributed by atoms with E-state index in [-0.39, 0.29) is 5.54 Å². The fourth-order valence-electron chi connectivity index (χ4n) is 2.98. The third-order valence-electron chi connectivity index (χ3n) is 3.71. The van der Waals surface area contributed by atoms with E-state index in [1.54, 1.807) is 0 Å². The number of anilines is 1. The summed E-state index contributed by atoms with van der Waals surface area (Å²) < 4.78 is 0. The summed E-state index contributed by atoms with van der Waals surface area (Å²) in [5.74, 6) is 0. The standard InChI is InChI=1S/C18H31N3/c1-17(2,3)11-14-7-8-16(12-19-14)21-10-9-15(13-21)20-18(4,5)6/h7-8,12,15,20H,9-11,13H2,1-6H3. The zero-order valence-electron chi connectivity index (χ0n) is 14.5. The van der Waals surface area contributed by atoms with Crippen LogP contribution in [0.25, 0.3) is 0 Å². The predicted octanol–water partition coefficient (Wildman–Crippen LogP) is 3.64. The lowest BCUT2D eigenvalue weighted by atomic mass is 9.90. The average molecular weight is 289 g/mol. The number of nitrogens with one attached hydrogen (secondary N) is 1. The van der Waals surface area contributed by atoms with E-state index in [0.717, 1.165) is 19.5 Å². The SMILES string of the molecule is CC(C)(C)Cc1ccc(N2CCC(NC(C)(C)C)C2)cn1. The van der Waals surface area contributed by atoms with Gasteiger partial charge in [-0.2, -0.15) is 0 Å². The first-order valence-corrected chi connectivity index (χ1v) is 8.10. The van der Waals surface area contributed by atoms with Gasteiger partial charge in [-0.05, 0) is 51.2 Å². The van der Waals surface area contributed by atoms with Gasteiger partial charge in [0.05, 0.1) is 11.9 Å². The van der Waals surface area contributed by atoms with Gasteiger partial charge in [-0.3, -0.25) is 4.98 Å². The fraction of sp³-hybridized carbons (Fsp3) is 0.722. The molecule has 0 aliphatic carbocycles. The largest absolute Gasteiger partial charge is 0.369 e. The van der Waals surface area contributed by atoms with Crippen LogP contribution in [0.2, 0.25) is 0 Å². The molecule has 0 saturated carbocycles. The number of hydrogen-bond acceptors (Lipinski definition) is 3. The van der Waals surface area contributed by atoms with Crippen LogP contribution in [0.15, 0.2) is 18.3 Å². The molecule has 3 heteroatoms. The highest BCUT2D eigenvalue weighted by atomic mass is 15.2. The molecule has 0 bridgehead atoms. The van der Waals surface area contributed by atoms with Gasteiger partial charge in [-0.15, -0.1) is 0 Å². The highest BCUT2D eigenvalue weighted by Crippen LogP contribution is 2.23. The van der Waals surface area contributed by atoms with Crippen LogP contribution in [-0.2, 0) is 6.42 Å². The van der Waals surface area contributed by atoms with Crippen LogP contribution < -0.4 is 10.2 Å². The predicted molar refractivity (Wildman–Crippen MR) is 90.9 cm³/mol. The van der Waals surface area contributed by atoms with Gasteiger partial charge >= 0.3 is 0 Å².